The van der Waals surface area contributed by atoms with E-state index in [9.17, 15) is 14.9 Å². The van der Waals surface area contributed by atoms with Crippen LogP contribution in [0.5, 0.6) is 0 Å². The molecule has 0 atom stereocenters. The third-order valence-electron chi connectivity index (χ3n) is 4.09. The van der Waals surface area contributed by atoms with Gasteiger partial charge in [0.25, 0.3) is 5.91 Å². The zero-order chi connectivity index (χ0) is 20.2. The standard InChI is InChI=1S/C20H13N5O4/c26-20(24-22-12-14-5-6-19(29-14)25(27)28)16-11-18(13-7-9-21-10-8-13)23-17-4-2-1-3-15(16)17/h1-12H,(H,24,26). The predicted molar refractivity (Wildman–Crippen MR) is 105 cm³/mol. The number of nitrogens with one attached hydrogen (secondary N) is 1. The van der Waals surface area contributed by atoms with Crippen LogP contribution in [0.4, 0.5) is 5.88 Å². The van der Waals surface area contributed by atoms with Crippen LogP contribution in [-0.2, 0) is 0 Å². The summed E-state index contributed by atoms with van der Waals surface area (Å²) in [5, 5.41) is 15.1. The monoisotopic (exact) mass is 387 g/mol. The molecule has 4 aromatic rings. The zero-order valence-electron chi connectivity index (χ0n) is 14.9. The van der Waals surface area contributed by atoms with Crippen molar-refractivity contribution in [2.45, 2.75) is 0 Å². The van der Waals surface area contributed by atoms with Gasteiger partial charge in [0.2, 0.25) is 0 Å². The predicted octanol–water partition coefficient (Wildman–Crippen LogP) is 3.56. The summed E-state index contributed by atoms with van der Waals surface area (Å²) in [7, 11) is 0. The van der Waals surface area contributed by atoms with E-state index in [0.29, 0.717) is 22.2 Å². The van der Waals surface area contributed by atoms with Gasteiger partial charge in [-0.2, -0.15) is 5.10 Å². The van der Waals surface area contributed by atoms with Crippen LogP contribution in [-0.4, -0.2) is 27.0 Å². The summed E-state index contributed by atoms with van der Waals surface area (Å²) >= 11 is 0. The van der Waals surface area contributed by atoms with Gasteiger partial charge in [-0.3, -0.25) is 19.9 Å². The molecule has 0 bridgehead atoms. The van der Waals surface area contributed by atoms with E-state index in [1.54, 1.807) is 36.7 Å². The molecule has 1 N–H and O–H groups in total. The Morgan fingerprint density at radius 3 is 2.69 bits per heavy atom. The number of rotatable bonds is 5. The van der Waals surface area contributed by atoms with Crippen molar-refractivity contribution in [3.63, 3.8) is 0 Å². The van der Waals surface area contributed by atoms with Gasteiger partial charge in [-0.1, -0.05) is 18.2 Å². The Labute approximate surface area is 163 Å². The van der Waals surface area contributed by atoms with Crippen LogP contribution in [0.15, 0.2) is 76.5 Å². The maximum absolute atomic E-state index is 12.7. The van der Waals surface area contributed by atoms with Crippen molar-refractivity contribution in [1.82, 2.24) is 15.4 Å². The molecular weight excluding hydrogens is 374 g/mol. The first-order chi connectivity index (χ1) is 14.1. The average molecular weight is 387 g/mol. The lowest BCUT2D eigenvalue weighted by Gasteiger charge is -2.08. The van der Waals surface area contributed by atoms with E-state index in [4.69, 9.17) is 4.42 Å². The fourth-order valence-corrected chi connectivity index (χ4v) is 2.76. The van der Waals surface area contributed by atoms with Crippen LogP contribution < -0.4 is 5.43 Å². The summed E-state index contributed by atoms with van der Waals surface area (Å²) in [6, 6.07) is 15.2. The average Bonchev–Trinajstić information content (AvgIpc) is 3.23. The van der Waals surface area contributed by atoms with Gasteiger partial charge in [-0.25, -0.2) is 10.4 Å². The summed E-state index contributed by atoms with van der Waals surface area (Å²) < 4.78 is 4.96. The molecule has 3 aromatic heterocycles. The number of benzene rings is 1. The van der Waals surface area contributed by atoms with Gasteiger partial charge in [0.1, 0.15) is 4.92 Å². The number of hydrogen-bond donors (Lipinski definition) is 1. The Morgan fingerprint density at radius 1 is 1.14 bits per heavy atom. The molecule has 0 unspecified atom stereocenters. The summed E-state index contributed by atoms with van der Waals surface area (Å²) in [6.07, 6.45) is 4.50. The van der Waals surface area contributed by atoms with E-state index in [1.807, 2.05) is 18.2 Å². The first-order valence-corrected chi connectivity index (χ1v) is 8.49. The highest BCUT2D eigenvalue weighted by Gasteiger charge is 2.14. The van der Waals surface area contributed by atoms with Crippen molar-refractivity contribution in [1.29, 1.82) is 0 Å². The molecule has 0 saturated heterocycles. The molecule has 0 aliphatic carbocycles. The highest BCUT2D eigenvalue weighted by Crippen LogP contribution is 2.24. The van der Waals surface area contributed by atoms with Gasteiger partial charge in [-0.05, 0) is 30.3 Å². The van der Waals surface area contributed by atoms with E-state index in [0.717, 1.165) is 5.56 Å². The summed E-state index contributed by atoms with van der Waals surface area (Å²) in [4.78, 5) is 31.3. The van der Waals surface area contributed by atoms with E-state index in [-0.39, 0.29) is 5.76 Å². The molecule has 0 aliphatic heterocycles. The second-order valence-corrected chi connectivity index (χ2v) is 5.94. The number of carbonyl (C=O) groups is 1. The van der Waals surface area contributed by atoms with E-state index < -0.39 is 16.7 Å². The molecule has 1 aromatic carbocycles. The number of para-hydroxylation sites is 1. The second-order valence-electron chi connectivity index (χ2n) is 5.94. The quantitative estimate of drug-likeness (QED) is 0.317. The molecule has 0 radical (unpaired) electrons. The molecular formula is C20H13N5O4. The van der Waals surface area contributed by atoms with Crippen molar-refractivity contribution >= 4 is 28.9 Å². The lowest BCUT2D eigenvalue weighted by atomic mass is 10.0. The Bertz CT molecular complexity index is 1230. The van der Waals surface area contributed by atoms with Crippen molar-refractivity contribution in [3.8, 4) is 11.3 Å². The van der Waals surface area contributed by atoms with Crippen LogP contribution in [0.1, 0.15) is 16.1 Å². The largest absolute Gasteiger partial charge is 0.433 e. The second kappa shape index (κ2) is 7.69. The van der Waals surface area contributed by atoms with Crippen LogP contribution >= 0.6 is 0 Å². The minimum Gasteiger partial charge on any atom is -0.400 e. The van der Waals surface area contributed by atoms with E-state index in [1.165, 1.54) is 18.3 Å². The van der Waals surface area contributed by atoms with Crippen molar-refractivity contribution in [3.05, 3.63) is 88.4 Å². The maximum atomic E-state index is 12.7. The molecule has 1 amide bonds. The number of pyridine rings is 2. The van der Waals surface area contributed by atoms with Gasteiger partial charge in [0.05, 0.1) is 29.1 Å². The third kappa shape index (κ3) is 3.83. The van der Waals surface area contributed by atoms with Crippen LogP contribution in [0, 0.1) is 10.1 Å². The minimum absolute atomic E-state index is 0.147. The third-order valence-corrected chi connectivity index (χ3v) is 4.09. The Balaban J connectivity index is 1.64. The van der Waals surface area contributed by atoms with Crippen molar-refractivity contribution in [2.75, 3.05) is 0 Å². The first kappa shape index (κ1) is 18.0. The van der Waals surface area contributed by atoms with Gasteiger partial charge in [0.15, 0.2) is 5.76 Å². The molecule has 0 fully saturated rings. The SMILES string of the molecule is O=C(NN=Cc1ccc([N+](=O)[O-])o1)c1cc(-c2ccncc2)nc2ccccc12. The molecule has 0 saturated carbocycles. The van der Waals surface area contributed by atoms with E-state index in [2.05, 4.69) is 20.5 Å². The topological polar surface area (TPSA) is 124 Å². The molecule has 4 rings (SSSR count). The minimum atomic E-state index is -0.653. The normalized spacial score (nSPS) is 11.0. The van der Waals surface area contributed by atoms with Gasteiger partial charge in [-0.15, -0.1) is 0 Å². The zero-order valence-corrected chi connectivity index (χ0v) is 14.9. The van der Waals surface area contributed by atoms with Gasteiger partial charge >= 0.3 is 5.88 Å². The highest BCUT2D eigenvalue weighted by molar-refractivity contribution is 6.07. The smallest absolute Gasteiger partial charge is 0.400 e. The van der Waals surface area contributed by atoms with Crippen LogP contribution in [0.2, 0.25) is 0 Å². The van der Waals surface area contributed by atoms with Gasteiger partial charge in [0, 0.05) is 23.3 Å². The number of amides is 1. The Hall–Kier alpha value is -4.40. The summed E-state index contributed by atoms with van der Waals surface area (Å²) in [5.74, 6) is -0.704. The molecule has 142 valence electrons. The van der Waals surface area contributed by atoms with Crippen LogP contribution in [0.3, 0.4) is 0 Å². The molecule has 0 aliphatic rings. The summed E-state index contributed by atoms with van der Waals surface area (Å²) in [6.45, 7) is 0. The number of nitro groups is 1. The molecule has 3 heterocycles. The fourth-order valence-electron chi connectivity index (χ4n) is 2.76. The number of furan rings is 1. The van der Waals surface area contributed by atoms with Crippen molar-refractivity contribution < 1.29 is 14.1 Å². The summed E-state index contributed by atoms with van der Waals surface area (Å²) in [5.41, 5.74) is 4.93. The maximum Gasteiger partial charge on any atom is 0.433 e. The number of nitrogens with zero attached hydrogens (tertiary/aromatic N) is 4. The van der Waals surface area contributed by atoms with Crippen LogP contribution in [0.25, 0.3) is 22.2 Å². The molecule has 29 heavy (non-hydrogen) atoms. The molecule has 9 heteroatoms. The number of aromatic nitrogens is 2. The lowest BCUT2D eigenvalue weighted by molar-refractivity contribution is -0.402. The fraction of sp³-hybridized carbons (Fsp3) is 0. The lowest BCUT2D eigenvalue weighted by Crippen LogP contribution is -2.18. The molecule has 0 spiro atoms. The number of fused-ring (bicyclic) bond motifs is 1. The first-order valence-electron chi connectivity index (χ1n) is 8.49. The van der Waals surface area contributed by atoms with Crippen molar-refractivity contribution in [2.24, 2.45) is 5.10 Å². The Morgan fingerprint density at radius 2 is 1.93 bits per heavy atom. The van der Waals surface area contributed by atoms with Gasteiger partial charge < -0.3 is 4.42 Å². The van der Waals surface area contributed by atoms with E-state index >= 15 is 0 Å². The number of hydrazone groups is 1. The number of carbonyl (C=O) groups excluding carboxylic acids is 1. The Kier molecular flexibility index (Phi) is 4.77. The molecule has 9 nitrogen and oxygen atoms in total. The number of hydrogen-bond acceptors (Lipinski definition) is 7. The highest BCUT2D eigenvalue weighted by atomic mass is 16.6.